The summed E-state index contributed by atoms with van der Waals surface area (Å²) < 4.78 is 59.5. The zero-order chi connectivity index (χ0) is 26.2. The van der Waals surface area contributed by atoms with Gasteiger partial charge in [0.05, 0.1) is 29.7 Å². The van der Waals surface area contributed by atoms with Crippen molar-refractivity contribution in [2.45, 2.75) is 52.2 Å². The van der Waals surface area contributed by atoms with Gasteiger partial charge in [0.25, 0.3) is 10.1 Å². The number of rotatable bonds is 6. The Kier molecular flexibility index (Phi) is 7.19. The number of benzene rings is 1. The third-order valence-electron chi connectivity index (χ3n) is 7.74. The lowest BCUT2D eigenvalue weighted by Crippen LogP contribution is -2.42. The number of nitrogens with zero attached hydrogens (tertiary/aromatic N) is 4. The highest BCUT2D eigenvalue weighted by Crippen LogP contribution is 2.64. The van der Waals surface area contributed by atoms with Gasteiger partial charge in [0.15, 0.2) is 0 Å². The number of halogens is 2. The minimum Gasteiger partial charge on any atom is -0.382 e. The van der Waals surface area contributed by atoms with E-state index in [4.69, 9.17) is 9.81 Å². The lowest BCUT2D eigenvalue weighted by molar-refractivity contribution is -0.128. The van der Waals surface area contributed by atoms with E-state index in [0.717, 1.165) is 24.6 Å². The molecule has 2 saturated carbocycles. The molecule has 1 aromatic carbocycles. The molecule has 35 heavy (non-hydrogen) atoms. The van der Waals surface area contributed by atoms with Crippen molar-refractivity contribution in [3.8, 4) is 6.07 Å². The molecule has 0 amide bonds. The smallest absolute Gasteiger partial charge is 0.265 e. The van der Waals surface area contributed by atoms with E-state index in [0.29, 0.717) is 12.8 Å². The van der Waals surface area contributed by atoms with E-state index < -0.39 is 44.4 Å². The van der Waals surface area contributed by atoms with Gasteiger partial charge < -0.3 is 5.11 Å². The number of carbonyl (C=O) groups excluding carboxylic acids is 1. The molecular weight excluding hydrogens is 482 g/mol. The fraction of sp³-hybridized carbons (Fsp3) is 0.565. The molecule has 0 spiro atoms. The lowest BCUT2D eigenvalue weighted by Gasteiger charge is -2.35. The summed E-state index contributed by atoms with van der Waals surface area (Å²) >= 11 is 0. The molecule has 190 valence electrons. The number of ketones is 1. The summed E-state index contributed by atoms with van der Waals surface area (Å²) in [4.78, 5) is 15.6. The topological polar surface area (TPSA) is 146 Å². The number of Topliss-reactive ketones (excluding diaryl/α,β-unsaturated/α-hetero) is 1. The number of aromatic nitrogens is 3. The van der Waals surface area contributed by atoms with Gasteiger partial charge in [-0.15, -0.1) is 0 Å². The minimum atomic E-state index is -4.08. The van der Waals surface area contributed by atoms with Crippen LogP contribution in [0.25, 0.3) is 0 Å². The first-order valence-corrected chi connectivity index (χ1v) is 12.7. The maximum Gasteiger partial charge on any atom is 0.265 e. The molecule has 4 atom stereocenters. The van der Waals surface area contributed by atoms with Crippen molar-refractivity contribution in [2.24, 2.45) is 22.7 Å². The van der Waals surface area contributed by atoms with Gasteiger partial charge in [-0.3, -0.25) is 9.35 Å². The van der Waals surface area contributed by atoms with E-state index in [-0.39, 0.29) is 29.2 Å². The Morgan fingerprint density at radius 2 is 2.06 bits per heavy atom. The highest BCUT2D eigenvalue weighted by Gasteiger charge is 2.65. The van der Waals surface area contributed by atoms with Crippen LogP contribution in [0.4, 0.5) is 8.78 Å². The molecule has 2 N–H and O–H groups in total. The van der Waals surface area contributed by atoms with Gasteiger partial charge in [-0.1, -0.05) is 13.8 Å². The molecule has 0 saturated heterocycles. The largest absolute Gasteiger partial charge is 0.382 e. The van der Waals surface area contributed by atoms with Gasteiger partial charge in [-0.05, 0) is 49.3 Å². The molecule has 1 unspecified atom stereocenters. The van der Waals surface area contributed by atoms with Crippen molar-refractivity contribution in [2.75, 3.05) is 5.75 Å². The monoisotopic (exact) mass is 510 g/mol. The molecule has 1 heterocycles. The SMILES string of the molecule is CC1(C)C2CC[C@]1(CS(=O)(=O)O)C(=O)C2.C[C@@H](C#N)[C@](O)(Cn1cncn1)c1cc(F)ccc1F. The predicted molar refractivity (Wildman–Crippen MR) is 120 cm³/mol. The first kappa shape index (κ1) is 26.8. The fourth-order valence-electron chi connectivity index (χ4n) is 5.37. The summed E-state index contributed by atoms with van der Waals surface area (Å²) in [6.07, 6.45) is 4.55. The summed E-state index contributed by atoms with van der Waals surface area (Å²) in [5, 5.41) is 23.6. The summed E-state index contributed by atoms with van der Waals surface area (Å²) in [6.45, 7) is 5.12. The van der Waals surface area contributed by atoms with E-state index in [1.54, 1.807) is 0 Å². The summed E-state index contributed by atoms with van der Waals surface area (Å²) in [7, 11) is -4.08. The van der Waals surface area contributed by atoms with Crippen molar-refractivity contribution < 1.29 is 31.7 Å². The number of fused-ring (bicyclic) bond motifs is 2. The first-order chi connectivity index (χ1) is 16.2. The number of hydrogen-bond acceptors (Lipinski definition) is 7. The number of hydrogen-bond donors (Lipinski definition) is 2. The Hall–Kier alpha value is -2.75. The summed E-state index contributed by atoms with van der Waals surface area (Å²) in [5.41, 5.74) is -3.30. The van der Waals surface area contributed by atoms with Crippen LogP contribution in [0.1, 0.15) is 45.6 Å². The highest BCUT2D eigenvalue weighted by atomic mass is 32.2. The Balaban J connectivity index is 0.000000203. The van der Waals surface area contributed by atoms with E-state index in [1.807, 2.05) is 19.9 Å². The molecule has 2 aliphatic rings. The second-order valence-electron chi connectivity index (χ2n) is 9.89. The zero-order valence-corrected chi connectivity index (χ0v) is 20.5. The van der Waals surface area contributed by atoms with Gasteiger partial charge in [0.2, 0.25) is 0 Å². The van der Waals surface area contributed by atoms with E-state index in [2.05, 4.69) is 10.1 Å². The molecule has 2 aromatic rings. The van der Waals surface area contributed by atoms with Crippen LogP contribution >= 0.6 is 0 Å². The van der Waals surface area contributed by atoms with Gasteiger partial charge in [-0.25, -0.2) is 18.4 Å². The van der Waals surface area contributed by atoms with Crippen molar-refractivity contribution >= 4 is 15.9 Å². The van der Waals surface area contributed by atoms with Crippen LogP contribution in [0, 0.1) is 45.6 Å². The zero-order valence-electron chi connectivity index (χ0n) is 19.6. The van der Waals surface area contributed by atoms with Crippen molar-refractivity contribution in [1.82, 2.24) is 14.8 Å². The van der Waals surface area contributed by atoms with Crippen molar-refractivity contribution in [3.05, 3.63) is 48.1 Å². The van der Waals surface area contributed by atoms with Crippen LogP contribution in [0.2, 0.25) is 0 Å². The predicted octanol–water partition coefficient (Wildman–Crippen LogP) is 2.87. The van der Waals surface area contributed by atoms with E-state index in [9.17, 15) is 27.1 Å². The average molecular weight is 511 g/mol. The van der Waals surface area contributed by atoms with Gasteiger partial charge in [0.1, 0.15) is 35.7 Å². The van der Waals surface area contributed by atoms with Crippen LogP contribution in [0.15, 0.2) is 30.9 Å². The lowest BCUT2D eigenvalue weighted by atomic mass is 9.70. The molecule has 2 fully saturated rings. The Bertz CT molecular complexity index is 1250. The molecule has 0 radical (unpaired) electrons. The maximum atomic E-state index is 13.9. The normalized spacial score (nSPS) is 25.3. The molecule has 12 heteroatoms. The van der Waals surface area contributed by atoms with Crippen LogP contribution in [-0.2, 0) is 27.1 Å². The second kappa shape index (κ2) is 9.37. The number of nitriles is 1. The third-order valence-corrected chi connectivity index (χ3v) is 8.60. The van der Waals surface area contributed by atoms with Crippen LogP contribution in [0.3, 0.4) is 0 Å². The van der Waals surface area contributed by atoms with Gasteiger partial charge in [0, 0.05) is 12.0 Å². The Morgan fingerprint density at radius 1 is 1.37 bits per heavy atom. The Labute approximate surface area is 202 Å². The standard InChI is InChI=1S/C13H12F2N4O.C10H16O4S/c1-9(5-16)13(20,6-19-8-17-7-18-19)11-4-10(14)2-3-12(11)15;1-9(2)7-3-4-10(9,8(11)5-7)6-15(12,13)14/h2-4,7-9,20H,6H2,1H3;7H,3-6H2,1-2H3,(H,12,13,14)/t9-,13+;7?,10-/m00/s1. The molecule has 4 rings (SSSR count). The van der Waals surface area contributed by atoms with Gasteiger partial charge in [-0.2, -0.15) is 18.8 Å². The maximum absolute atomic E-state index is 13.9. The number of aliphatic hydroxyl groups is 1. The summed E-state index contributed by atoms with van der Waals surface area (Å²) in [6, 6.07) is 4.62. The van der Waals surface area contributed by atoms with Crippen LogP contribution < -0.4 is 0 Å². The number of carbonyl (C=O) groups is 1. The highest BCUT2D eigenvalue weighted by molar-refractivity contribution is 7.85. The second-order valence-corrected chi connectivity index (χ2v) is 11.3. The molecule has 2 aliphatic carbocycles. The quantitative estimate of drug-likeness (QED) is 0.564. The minimum absolute atomic E-state index is 0.0152. The molecule has 9 nitrogen and oxygen atoms in total. The third kappa shape index (κ3) is 4.98. The average Bonchev–Trinajstić information content (AvgIpc) is 3.40. The molecule has 2 bridgehead atoms. The molecular formula is C23H28F2N4O5S. The van der Waals surface area contributed by atoms with Crippen LogP contribution in [-0.4, -0.2) is 44.4 Å². The van der Waals surface area contributed by atoms with Crippen molar-refractivity contribution in [1.29, 1.82) is 5.26 Å². The van der Waals surface area contributed by atoms with Gasteiger partial charge >= 0.3 is 0 Å². The molecule has 0 aliphatic heterocycles. The van der Waals surface area contributed by atoms with E-state index in [1.165, 1.54) is 24.3 Å². The summed E-state index contributed by atoms with van der Waals surface area (Å²) in [5.74, 6) is -2.54. The fourth-order valence-corrected chi connectivity index (χ4v) is 6.67. The van der Waals surface area contributed by atoms with E-state index >= 15 is 0 Å². The Morgan fingerprint density at radius 3 is 2.54 bits per heavy atom. The first-order valence-electron chi connectivity index (χ1n) is 11.0. The van der Waals surface area contributed by atoms with Crippen LogP contribution in [0.5, 0.6) is 0 Å². The molecule has 1 aromatic heterocycles. The van der Waals surface area contributed by atoms with Crippen molar-refractivity contribution in [3.63, 3.8) is 0 Å².